The molecule has 0 spiro atoms. The normalized spacial score (nSPS) is 9.83. The largest absolute Gasteiger partial charge is 0.340 e. The average molecular weight is 269 g/mol. The summed E-state index contributed by atoms with van der Waals surface area (Å²) in [6, 6.07) is 8.14. The van der Waals surface area contributed by atoms with Crippen LogP contribution in [0.3, 0.4) is 0 Å². The summed E-state index contributed by atoms with van der Waals surface area (Å²) in [7, 11) is 0. The molecule has 0 aliphatic carbocycles. The Bertz CT molecular complexity index is 428. The number of alkyl halides is 1. The van der Waals surface area contributed by atoms with E-state index >= 15 is 0 Å². The van der Waals surface area contributed by atoms with Gasteiger partial charge in [0.1, 0.15) is 11.7 Å². The summed E-state index contributed by atoms with van der Waals surface area (Å²) >= 11 is 5.50. The number of carbonyl (C=O) groups excluding carboxylic acids is 1. The molecule has 0 bridgehead atoms. The van der Waals surface area contributed by atoms with Crippen molar-refractivity contribution in [2.24, 2.45) is 0 Å². The van der Waals surface area contributed by atoms with Gasteiger partial charge in [-0.25, -0.2) is 4.39 Å². The molecular formula is C13H14ClFN2O. The summed E-state index contributed by atoms with van der Waals surface area (Å²) in [6.07, 6.45) is 0.903. The van der Waals surface area contributed by atoms with Crippen molar-refractivity contribution >= 4 is 17.5 Å². The van der Waals surface area contributed by atoms with Crippen molar-refractivity contribution in [3.8, 4) is 6.07 Å². The van der Waals surface area contributed by atoms with E-state index < -0.39 is 0 Å². The molecule has 1 aromatic carbocycles. The van der Waals surface area contributed by atoms with E-state index in [1.54, 1.807) is 17.0 Å². The molecule has 0 fully saturated rings. The second-order valence-electron chi connectivity index (χ2n) is 3.80. The van der Waals surface area contributed by atoms with Gasteiger partial charge in [-0.05, 0) is 24.1 Å². The maximum absolute atomic E-state index is 12.7. The van der Waals surface area contributed by atoms with E-state index in [1.165, 1.54) is 12.1 Å². The highest BCUT2D eigenvalue weighted by Crippen LogP contribution is 2.05. The third-order valence-corrected chi connectivity index (χ3v) is 2.77. The number of halogens is 2. The van der Waals surface area contributed by atoms with Crippen LogP contribution in [0, 0.1) is 17.1 Å². The molecule has 1 rings (SSSR count). The molecule has 96 valence electrons. The molecule has 0 atom stereocenters. The van der Waals surface area contributed by atoms with Gasteiger partial charge in [0, 0.05) is 13.1 Å². The average Bonchev–Trinajstić information content (AvgIpc) is 2.40. The lowest BCUT2D eigenvalue weighted by Crippen LogP contribution is -2.34. The van der Waals surface area contributed by atoms with Crippen molar-refractivity contribution in [1.29, 1.82) is 5.26 Å². The van der Waals surface area contributed by atoms with E-state index in [0.717, 1.165) is 5.56 Å². The molecule has 5 heteroatoms. The maximum Gasteiger partial charge on any atom is 0.237 e. The predicted octanol–water partition coefficient (Wildman–Crippen LogP) is 2.35. The van der Waals surface area contributed by atoms with Crippen LogP contribution >= 0.6 is 11.6 Å². The molecular weight excluding hydrogens is 255 g/mol. The van der Waals surface area contributed by atoms with Crippen LogP contribution in [0.1, 0.15) is 12.0 Å². The fourth-order valence-corrected chi connectivity index (χ4v) is 1.71. The van der Waals surface area contributed by atoms with Crippen LogP contribution in [-0.4, -0.2) is 29.8 Å². The number of carbonyl (C=O) groups is 1. The highest BCUT2D eigenvalue weighted by Gasteiger charge is 2.11. The standard InChI is InChI=1S/C13H14ClFN2O/c14-10-13(18)17(8-1-7-16)9-6-11-2-4-12(15)5-3-11/h2-5H,1,6,8-10H2. The number of nitrogens with zero attached hydrogens (tertiary/aromatic N) is 2. The Labute approximate surface area is 111 Å². The summed E-state index contributed by atoms with van der Waals surface area (Å²) in [5, 5.41) is 8.52. The van der Waals surface area contributed by atoms with Crippen molar-refractivity contribution < 1.29 is 9.18 Å². The van der Waals surface area contributed by atoms with Crippen molar-refractivity contribution in [3.63, 3.8) is 0 Å². The summed E-state index contributed by atoms with van der Waals surface area (Å²) in [4.78, 5) is 13.1. The van der Waals surface area contributed by atoms with E-state index in [-0.39, 0.29) is 24.0 Å². The molecule has 0 unspecified atom stereocenters. The summed E-state index contributed by atoms with van der Waals surface area (Å²) in [5.41, 5.74) is 0.945. The van der Waals surface area contributed by atoms with E-state index in [1.807, 2.05) is 6.07 Å². The Balaban J connectivity index is 2.53. The van der Waals surface area contributed by atoms with Gasteiger partial charge in [0.15, 0.2) is 0 Å². The van der Waals surface area contributed by atoms with Crippen LogP contribution in [0.4, 0.5) is 4.39 Å². The van der Waals surface area contributed by atoms with Crippen molar-refractivity contribution in [1.82, 2.24) is 4.90 Å². The van der Waals surface area contributed by atoms with Crippen LogP contribution in [0.5, 0.6) is 0 Å². The van der Waals surface area contributed by atoms with Gasteiger partial charge in [-0.15, -0.1) is 11.6 Å². The van der Waals surface area contributed by atoms with Gasteiger partial charge in [-0.2, -0.15) is 5.26 Å². The molecule has 0 saturated carbocycles. The SMILES string of the molecule is N#CCCN(CCc1ccc(F)cc1)C(=O)CCl. The van der Waals surface area contributed by atoms with Crippen molar-refractivity contribution in [2.75, 3.05) is 19.0 Å². The lowest BCUT2D eigenvalue weighted by atomic mass is 10.1. The predicted molar refractivity (Wildman–Crippen MR) is 67.6 cm³/mol. The topological polar surface area (TPSA) is 44.1 Å². The van der Waals surface area contributed by atoms with Gasteiger partial charge < -0.3 is 4.90 Å². The second kappa shape index (κ2) is 7.67. The Morgan fingerprint density at radius 1 is 1.33 bits per heavy atom. The number of nitriles is 1. The van der Waals surface area contributed by atoms with Gasteiger partial charge in [-0.1, -0.05) is 12.1 Å². The zero-order valence-electron chi connectivity index (χ0n) is 9.90. The minimum absolute atomic E-state index is 0.0884. The third-order valence-electron chi connectivity index (χ3n) is 2.54. The Morgan fingerprint density at radius 2 is 2.00 bits per heavy atom. The minimum Gasteiger partial charge on any atom is -0.340 e. The lowest BCUT2D eigenvalue weighted by molar-refractivity contribution is -0.128. The highest BCUT2D eigenvalue weighted by molar-refractivity contribution is 6.27. The molecule has 0 heterocycles. The number of hydrogen-bond acceptors (Lipinski definition) is 2. The maximum atomic E-state index is 12.7. The Hall–Kier alpha value is -1.60. The van der Waals surface area contributed by atoms with Crippen LogP contribution in [0.15, 0.2) is 24.3 Å². The highest BCUT2D eigenvalue weighted by atomic mass is 35.5. The van der Waals surface area contributed by atoms with E-state index in [9.17, 15) is 9.18 Å². The van der Waals surface area contributed by atoms with Crippen molar-refractivity contribution in [2.45, 2.75) is 12.8 Å². The number of amides is 1. The molecule has 0 saturated heterocycles. The van der Waals surface area contributed by atoms with E-state index in [0.29, 0.717) is 19.5 Å². The molecule has 18 heavy (non-hydrogen) atoms. The van der Waals surface area contributed by atoms with Crippen molar-refractivity contribution in [3.05, 3.63) is 35.6 Å². The van der Waals surface area contributed by atoms with E-state index in [4.69, 9.17) is 16.9 Å². The first kappa shape index (κ1) is 14.5. The fraction of sp³-hybridized carbons (Fsp3) is 0.385. The summed E-state index contributed by atoms with van der Waals surface area (Å²) in [5.74, 6) is -0.555. The molecule has 0 N–H and O–H groups in total. The molecule has 3 nitrogen and oxygen atoms in total. The number of hydrogen-bond donors (Lipinski definition) is 0. The van der Waals surface area contributed by atoms with Gasteiger partial charge in [-0.3, -0.25) is 4.79 Å². The monoisotopic (exact) mass is 268 g/mol. The molecule has 0 aromatic heterocycles. The minimum atomic E-state index is -0.281. The smallest absolute Gasteiger partial charge is 0.237 e. The van der Waals surface area contributed by atoms with Crippen LogP contribution in [-0.2, 0) is 11.2 Å². The number of benzene rings is 1. The Kier molecular flexibility index (Phi) is 6.16. The summed E-state index contributed by atoms with van der Waals surface area (Å²) in [6.45, 7) is 0.863. The van der Waals surface area contributed by atoms with Gasteiger partial charge in [0.05, 0.1) is 12.5 Å². The molecule has 0 radical (unpaired) electrons. The molecule has 1 aromatic rings. The molecule has 0 aliphatic heterocycles. The second-order valence-corrected chi connectivity index (χ2v) is 4.07. The van der Waals surface area contributed by atoms with Gasteiger partial charge >= 0.3 is 0 Å². The quantitative estimate of drug-likeness (QED) is 0.744. The summed E-state index contributed by atoms with van der Waals surface area (Å²) < 4.78 is 12.7. The van der Waals surface area contributed by atoms with Gasteiger partial charge in [0.2, 0.25) is 5.91 Å². The van der Waals surface area contributed by atoms with E-state index in [2.05, 4.69) is 0 Å². The molecule has 1 amide bonds. The zero-order valence-corrected chi connectivity index (χ0v) is 10.7. The molecule has 0 aliphatic rings. The first-order valence-corrected chi connectivity index (χ1v) is 6.16. The van der Waals surface area contributed by atoms with Crippen LogP contribution in [0.25, 0.3) is 0 Å². The third kappa shape index (κ3) is 4.72. The van der Waals surface area contributed by atoms with Crippen LogP contribution < -0.4 is 0 Å². The first-order valence-electron chi connectivity index (χ1n) is 5.62. The zero-order chi connectivity index (χ0) is 13.4. The number of rotatable bonds is 6. The lowest BCUT2D eigenvalue weighted by Gasteiger charge is -2.20. The van der Waals surface area contributed by atoms with Gasteiger partial charge in [0.25, 0.3) is 0 Å². The fourth-order valence-electron chi connectivity index (χ4n) is 1.55. The van der Waals surface area contributed by atoms with Crippen LogP contribution in [0.2, 0.25) is 0 Å². The Morgan fingerprint density at radius 3 is 2.56 bits per heavy atom. The first-order chi connectivity index (χ1) is 8.67.